The highest BCUT2D eigenvalue weighted by atomic mass is 16.3. The van der Waals surface area contributed by atoms with Crippen LogP contribution in [-0.2, 0) is 6.42 Å². The van der Waals surface area contributed by atoms with E-state index in [1.807, 2.05) is 49.4 Å². The Labute approximate surface area is 122 Å². The Balaban J connectivity index is 1.75. The molecule has 0 spiro atoms. The molecule has 0 bridgehead atoms. The van der Waals surface area contributed by atoms with Gasteiger partial charge < -0.3 is 9.73 Å². The first kappa shape index (κ1) is 12.2. The molecule has 0 unspecified atom stereocenters. The Bertz CT molecular complexity index is 861. The number of furan rings is 1. The molecular formula is C18H15NO2. The van der Waals surface area contributed by atoms with Crippen molar-refractivity contribution < 1.29 is 9.21 Å². The summed E-state index contributed by atoms with van der Waals surface area (Å²) >= 11 is 0. The number of carbonyl (C=O) groups excluding carboxylic acids is 1. The average molecular weight is 277 g/mol. The molecule has 0 saturated heterocycles. The molecule has 0 radical (unpaired) electrons. The van der Waals surface area contributed by atoms with Gasteiger partial charge in [-0.1, -0.05) is 11.6 Å². The highest BCUT2D eigenvalue weighted by molar-refractivity contribution is 6.09. The lowest BCUT2D eigenvalue weighted by Gasteiger charge is -2.02. The average Bonchev–Trinajstić information content (AvgIpc) is 3.11. The predicted molar refractivity (Wildman–Crippen MR) is 83.0 cm³/mol. The van der Waals surface area contributed by atoms with Crippen LogP contribution in [-0.4, -0.2) is 12.3 Å². The zero-order chi connectivity index (χ0) is 14.4. The van der Waals surface area contributed by atoms with Gasteiger partial charge in [-0.2, -0.15) is 0 Å². The number of hydrogen-bond donors (Lipinski definition) is 1. The summed E-state index contributed by atoms with van der Waals surface area (Å²) in [6.45, 7) is 2.97. The molecule has 0 aliphatic carbocycles. The van der Waals surface area contributed by atoms with Crippen LogP contribution in [0.5, 0.6) is 0 Å². The third-order valence-corrected chi connectivity index (χ3v) is 3.97. The van der Waals surface area contributed by atoms with Gasteiger partial charge in [-0.3, -0.25) is 4.79 Å². The fourth-order valence-electron chi connectivity index (χ4n) is 2.86. The van der Waals surface area contributed by atoms with Gasteiger partial charge in [-0.25, -0.2) is 0 Å². The summed E-state index contributed by atoms with van der Waals surface area (Å²) in [7, 11) is 0. The molecule has 1 aliphatic rings. The summed E-state index contributed by atoms with van der Waals surface area (Å²) in [5.74, 6) is 0.347. The van der Waals surface area contributed by atoms with Crippen molar-refractivity contribution in [3.63, 3.8) is 0 Å². The number of benzene rings is 2. The number of carbonyl (C=O) groups is 1. The third-order valence-electron chi connectivity index (χ3n) is 3.97. The van der Waals surface area contributed by atoms with E-state index < -0.39 is 0 Å². The first-order chi connectivity index (χ1) is 10.2. The second kappa shape index (κ2) is 4.48. The lowest BCUT2D eigenvalue weighted by atomic mass is 10.0. The van der Waals surface area contributed by atoms with Crippen LogP contribution in [0, 0.1) is 6.92 Å². The van der Waals surface area contributed by atoms with Crippen molar-refractivity contribution >= 4 is 22.4 Å². The van der Waals surface area contributed by atoms with E-state index >= 15 is 0 Å². The smallest absolute Gasteiger partial charge is 0.228 e. The van der Waals surface area contributed by atoms with Crippen LogP contribution in [0.3, 0.4) is 0 Å². The van der Waals surface area contributed by atoms with Crippen molar-refractivity contribution in [3.8, 4) is 0 Å². The quantitative estimate of drug-likeness (QED) is 0.721. The monoisotopic (exact) mass is 277 g/mol. The van der Waals surface area contributed by atoms with Gasteiger partial charge in [0, 0.05) is 23.2 Å². The van der Waals surface area contributed by atoms with Gasteiger partial charge in [0.2, 0.25) is 5.78 Å². The van der Waals surface area contributed by atoms with Gasteiger partial charge in [0.15, 0.2) is 5.76 Å². The Morgan fingerprint density at radius 2 is 2.05 bits per heavy atom. The molecule has 1 aliphatic heterocycles. The van der Waals surface area contributed by atoms with Gasteiger partial charge >= 0.3 is 0 Å². The molecule has 0 fully saturated rings. The van der Waals surface area contributed by atoms with Crippen molar-refractivity contribution in [3.05, 3.63) is 64.9 Å². The number of rotatable bonds is 2. The van der Waals surface area contributed by atoms with Crippen molar-refractivity contribution in [1.29, 1.82) is 0 Å². The molecule has 1 N–H and O–H groups in total. The summed E-state index contributed by atoms with van der Waals surface area (Å²) < 4.78 is 5.69. The van der Waals surface area contributed by atoms with E-state index in [4.69, 9.17) is 4.42 Å². The number of fused-ring (bicyclic) bond motifs is 2. The molecule has 3 heteroatoms. The van der Waals surface area contributed by atoms with Crippen LogP contribution in [0.25, 0.3) is 11.0 Å². The van der Waals surface area contributed by atoms with Gasteiger partial charge in [-0.05, 0) is 55.3 Å². The van der Waals surface area contributed by atoms with E-state index in [0.717, 1.165) is 35.2 Å². The van der Waals surface area contributed by atoms with Crippen LogP contribution in [0.1, 0.15) is 27.2 Å². The largest absolute Gasteiger partial charge is 0.453 e. The molecule has 0 atom stereocenters. The number of anilines is 1. The SMILES string of the molecule is Cc1ccc2oc(C(=O)c3ccc4c(c3)CCN4)cc2c1. The molecule has 1 aromatic heterocycles. The van der Waals surface area contributed by atoms with E-state index in [1.54, 1.807) is 0 Å². The maximum atomic E-state index is 12.6. The minimum Gasteiger partial charge on any atom is -0.453 e. The van der Waals surface area contributed by atoms with Gasteiger partial charge in [-0.15, -0.1) is 0 Å². The van der Waals surface area contributed by atoms with Crippen LogP contribution in [0.4, 0.5) is 5.69 Å². The van der Waals surface area contributed by atoms with Crippen molar-refractivity contribution in [2.45, 2.75) is 13.3 Å². The lowest BCUT2D eigenvalue weighted by Crippen LogP contribution is -2.00. The number of ketones is 1. The topological polar surface area (TPSA) is 42.2 Å². The normalized spacial score (nSPS) is 13.2. The van der Waals surface area contributed by atoms with E-state index in [2.05, 4.69) is 5.32 Å². The third kappa shape index (κ3) is 2.02. The van der Waals surface area contributed by atoms with E-state index in [-0.39, 0.29) is 5.78 Å². The first-order valence-corrected chi connectivity index (χ1v) is 7.12. The molecule has 104 valence electrons. The molecular weight excluding hydrogens is 262 g/mol. The van der Waals surface area contributed by atoms with Crippen molar-refractivity contribution in [2.24, 2.45) is 0 Å². The summed E-state index contributed by atoms with van der Waals surface area (Å²) in [4.78, 5) is 12.6. The minimum atomic E-state index is -0.0569. The maximum absolute atomic E-state index is 12.6. The number of hydrogen-bond acceptors (Lipinski definition) is 3. The predicted octanol–water partition coefficient (Wildman–Crippen LogP) is 3.94. The summed E-state index contributed by atoms with van der Waals surface area (Å²) in [5, 5.41) is 4.27. The Kier molecular flexibility index (Phi) is 2.61. The zero-order valence-electron chi connectivity index (χ0n) is 11.8. The first-order valence-electron chi connectivity index (χ1n) is 7.12. The summed E-state index contributed by atoms with van der Waals surface area (Å²) in [6.07, 6.45) is 0.968. The summed E-state index contributed by atoms with van der Waals surface area (Å²) in [6, 6.07) is 13.6. The van der Waals surface area contributed by atoms with E-state index in [9.17, 15) is 4.79 Å². The molecule has 3 nitrogen and oxygen atoms in total. The number of nitrogens with one attached hydrogen (secondary N) is 1. The fourth-order valence-corrected chi connectivity index (χ4v) is 2.86. The highest BCUT2D eigenvalue weighted by Crippen LogP contribution is 2.26. The molecule has 0 saturated carbocycles. The molecule has 0 amide bonds. The van der Waals surface area contributed by atoms with Gasteiger partial charge in [0.1, 0.15) is 5.58 Å². The van der Waals surface area contributed by atoms with Crippen LogP contribution < -0.4 is 5.32 Å². The van der Waals surface area contributed by atoms with Crippen molar-refractivity contribution in [1.82, 2.24) is 0 Å². The second-order valence-electron chi connectivity index (χ2n) is 5.53. The molecule has 3 aromatic rings. The molecule has 21 heavy (non-hydrogen) atoms. The minimum absolute atomic E-state index is 0.0569. The zero-order valence-corrected chi connectivity index (χ0v) is 11.8. The van der Waals surface area contributed by atoms with Gasteiger partial charge in [0.05, 0.1) is 0 Å². The Hall–Kier alpha value is -2.55. The molecule has 2 heterocycles. The molecule has 2 aromatic carbocycles. The summed E-state index contributed by atoms with van der Waals surface area (Å²) in [5.41, 5.74) is 4.94. The van der Waals surface area contributed by atoms with E-state index in [0.29, 0.717) is 11.3 Å². The van der Waals surface area contributed by atoms with E-state index in [1.165, 1.54) is 5.56 Å². The number of aryl methyl sites for hydroxylation is 1. The maximum Gasteiger partial charge on any atom is 0.228 e. The lowest BCUT2D eigenvalue weighted by molar-refractivity contribution is 0.101. The Morgan fingerprint density at radius 3 is 2.95 bits per heavy atom. The molecule has 4 rings (SSSR count). The Morgan fingerprint density at radius 1 is 1.14 bits per heavy atom. The van der Waals surface area contributed by atoms with Crippen LogP contribution in [0.15, 0.2) is 46.9 Å². The van der Waals surface area contributed by atoms with Gasteiger partial charge in [0.25, 0.3) is 0 Å². The fraction of sp³-hybridized carbons (Fsp3) is 0.167. The van der Waals surface area contributed by atoms with Crippen molar-refractivity contribution in [2.75, 3.05) is 11.9 Å². The standard InChI is InChI=1S/C18H15NO2/c1-11-2-5-16-14(8-11)10-17(21-16)18(20)13-3-4-15-12(9-13)6-7-19-15/h2-5,8-10,19H,6-7H2,1H3. The van der Waals surface area contributed by atoms with Crippen LogP contribution in [0.2, 0.25) is 0 Å². The van der Waals surface area contributed by atoms with Crippen LogP contribution >= 0.6 is 0 Å². The second-order valence-corrected chi connectivity index (χ2v) is 5.53. The highest BCUT2D eigenvalue weighted by Gasteiger charge is 2.17.